The van der Waals surface area contributed by atoms with Gasteiger partial charge < -0.3 is 4.74 Å². The van der Waals surface area contributed by atoms with Crippen molar-refractivity contribution in [3.05, 3.63) is 35.9 Å². The van der Waals surface area contributed by atoms with E-state index >= 15 is 0 Å². The monoisotopic (exact) mass is 252 g/mol. The van der Waals surface area contributed by atoms with Crippen LogP contribution in [0.15, 0.2) is 30.3 Å². The lowest BCUT2D eigenvalue weighted by Crippen LogP contribution is -2.49. The Labute approximate surface area is 105 Å². The summed E-state index contributed by atoms with van der Waals surface area (Å²) in [5.74, 6) is 4.18. The first-order valence-electron chi connectivity index (χ1n) is 6.04. The fourth-order valence-corrected chi connectivity index (χ4v) is 2.05. The summed E-state index contributed by atoms with van der Waals surface area (Å²) in [6.07, 6.45) is -0.244. The third-order valence-corrected chi connectivity index (χ3v) is 3.11. The molecular weight excluding hydrogens is 235 g/mol. The summed E-state index contributed by atoms with van der Waals surface area (Å²) in [6, 6.07) is 9.33. The van der Waals surface area contributed by atoms with Gasteiger partial charge in [0.25, 0.3) is 0 Å². The molecule has 2 unspecified atom stereocenters. The van der Waals surface area contributed by atoms with Gasteiger partial charge in [-0.25, -0.2) is 9.40 Å². The third kappa shape index (κ3) is 3.05. The maximum absolute atomic E-state index is 13.7. The first-order valence-corrected chi connectivity index (χ1v) is 6.04. The van der Waals surface area contributed by atoms with E-state index in [1.54, 1.807) is 0 Å². The number of carbonyl (C=O) groups is 1. The fourth-order valence-electron chi connectivity index (χ4n) is 2.05. The number of halogens is 1. The summed E-state index contributed by atoms with van der Waals surface area (Å²) in [6.45, 7) is 0.650. The second-order valence-electron chi connectivity index (χ2n) is 4.45. The number of carbonyl (C=O) groups excluding carboxylic acids is 1. The summed E-state index contributed by atoms with van der Waals surface area (Å²) >= 11 is 0. The number of hydrazine groups is 1. The Kier molecular flexibility index (Phi) is 4.28. The normalized spacial score (nSPS) is 24.8. The molecule has 98 valence electrons. The van der Waals surface area contributed by atoms with Crippen LogP contribution in [0.2, 0.25) is 0 Å². The number of rotatable bonds is 3. The van der Waals surface area contributed by atoms with Crippen molar-refractivity contribution in [1.82, 2.24) is 5.01 Å². The topological polar surface area (TPSA) is 55.6 Å². The minimum atomic E-state index is -1.44. The molecule has 1 heterocycles. The first kappa shape index (κ1) is 13.0. The number of piperidine rings is 1. The smallest absolute Gasteiger partial charge is 0.313 e. The van der Waals surface area contributed by atoms with Crippen LogP contribution in [0.5, 0.6) is 0 Å². The van der Waals surface area contributed by atoms with Crippen molar-refractivity contribution < 1.29 is 13.9 Å². The largest absolute Gasteiger partial charge is 0.460 e. The minimum absolute atomic E-state index is 0.174. The van der Waals surface area contributed by atoms with E-state index in [-0.39, 0.29) is 6.61 Å². The SMILES string of the molecule is NN1CCCC(C(=O)OCc2ccccc2)C1F. The fraction of sp³-hybridized carbons (Fsp3) is 0.462. The molecule has 0 spiro atoms. The van der Waals surface area contributed by atoms with Crippen LogP contribution < -0.4 is 5.84 Å². The van der Waals surface area contributed by atoms with Crippen LogP contribution in [0.4, 0.5) is 4.39 Å². The summed E-state index contributed by atoms with van der Waals surface area (Å²) in [5.41, 5.74) is 0.890. The highest BCUT2D eigenvalue weighted by Gasteiger charge is 2.36. The summed E-state index contributed by atoms with van der Waals surface area (Å²) < 4.78 is 18.8. The molecule has 2 N–H and O–H groups in total. The molecule has 0 radical (unpaired) electrons. The lowest BCUT2D eigenvalue weighted by Gasteiger charge is -2.31. The molecule has 1 fully saturated rings. The number of nitrogens with zero attached hydrogens (tertiary/aromatic N) is 1. The van der Waals surface area contributed by atoms with Crippen LogP contribution in [-0.4, -0.2) is 23.8 Å². The molecule has 18 heavy (non-hydrogen) atoms. The molecule has 0 aromatic heterocycles. The summed E-state index contributed by atoms with van der Waals surface area (Å²) in [7, 11) is 0. The Morgan fingerprint density at radius 1 is 1.44 bits per heavy atom. The number of esters is 1. The van der Waals surface area contributed by atoms with Crippen molar-refractivity contribution >= 4 is 5.97 Å². The van der Waals surface area contributed by atoms with E-state index in [0.717, 1.165) is 10.6 Å². The molecule has 1 aliphatic heterocycles. The van der Waals surface area contributed by atoms with Gasteiger partial charge in [0.05, 0.1) is 0 Å². The number of alkyl halides is 1. The predicted octanol–water partition coefficient (Wildman–Crippen LogP) is 1.61. The second kappa shape index (κ2) is 5.93. The Hall–Kier alpha value is -1.46. The van der Waals surface area contributed by atoms with Gasteiger partial charge in [0, 0.05) is 6.54 Å². The van der Waals surface area contributed by atoms with Crippen molar-refractivity contribution in [2.75, 3.05) is 6.54 Å². The minimum Gasteiger partial charge on any atom is -0.460 e. The van der Waals surface area contributed by atoms with E-state index < -0.39 is 18.2 Å². The predicted molar refractivity (Wildman–Crippen MR) is 64.8 cm³/mol. The molecule has 1 saturated heterocycles. The van der Waals surface area contributed by atoms with Gasteiger partial charge in [0.1, 0.15) is 12.5 Å². The highest BCUT2D eigenvalue weighted by atomic mass is 19.1. The number of nitrogens with two attached hydrogens (primary N) is 1. The van der Waals surface area contributed by atoms with Crippen molar-refractivity contribution in [2.24, 2.45) is 11.8 Å². The number of ether oxygens (including phenoxy) is 1. The van der Waals surface area contributed by atoms with Gasteiger partial charge >= 0.3 is 5.97 Å². The maximum Gasteiger partial charge on any atom is 0.313 e. The highest BCUT2D eigenvalue weighted by molar-refractivity contribution is 5.73. The Morgan fingerprint density at radius 3 is 2.89 bits per heavy atom. The average molecular weight is 252 g/mol. The Morgan fingerprint density at radius 2 is 2.17 bits per heavy atom. The first-order chi connectivity index (χ1) is 8.68. The van der Waals surface area contributed by atoms with Gasteiger partial charge in [0.15, 0.2) is 6.30 Å². The van der Waals surface area contributed by atoms with Gasteiger partial charge in [-0.1, -0.05) is 30.3 Å². The highest BCUT2D eigenvalue weighted by Crippen LogP contribution is 2.23. The standard InChI is InChI=1S/C13H17FN2O2/c14-12-11(7-4-8-16(12)15)13(17)18-9-10-5-2-1-3-6-10/h1-3,5-6,11-12H,4,7-9,15H2. The van der Waals surface area contributed by atoms with Crippen LogP contribution in [-0.2, 0) is 16.1 Å². The van der Waals surface area contributed by atoms with E-state index in [9.17, 15) is 9.18 Å². The zero-order valence-corrected chi connectivity index (χ0v) is 10.1. The molecule has 2 rings (SSSR count). The number of benzene rings is 1. The quantitative estimate of drug-likeness (QED) is 0.504. The van der Waals surface area contributed by atoms with Crippen LogP contribution in [0.25, 0.3) is 0 Å². The number of hydrogen-bond acceptors (Lipinski definition) is 4. The van der Waals surface area contributed by atoms with E-state index in [2.05, 4.69) is 0 Å². The molecule has 0 bridgehead atoms. The molecule has 0 saturated carbocycles. The molecule has 1 aliphatic rings. The third-order valence-electron chi connectivity index (χ3n) is 3.11. The van der Waals surface area contributed by atoms with Crippen LogP contribution in [0, 0.1) is 5.92 Å². The van der Waals surface area contributed by atoms with Crippen molar-refractivity contribution in [2.45, 2.75) is 25.7 Å². The van der Waals surface area contributed by atoms with Crippen molar-refractivity contribution in [1.29, 1.82) is 0 Å². The van der Waals surface area contributed by atoms with Crippen molar-refractivity contribution in [3.8, 4) is 0 Å². The van der Waals surface area contributed by atoms with Crippen LogP contribution in [0.1, 0.15) is 18.4 Å². The number of hydrogen-bond donors (Lipinski definition) is 1. The summed E-state index contributed by atoms with van der Waals surface area (Å²) in [4.78, 5) is 11.8. The molecular formula is C13H17FN2O2. The second-order valence-corrected chi connectivity index (χ2v) is 4.45. The zero-order chi connectivity index (χ0) is 13.0. The molecule has 1 aromatic carbocycles. The van der Waals surface area contributed by atoms with Gasteiger partial charge in [-0.3, -0.25) is 10.6 Å². The molecule has 2 atom stereocenters. The lowest BCUT2D eigenvalue weighted by atomic mass is 9.98. The lowest BCUT2D eigenvalue weighted by molar-refractivity contribution is -0.158. The Balaban J connectivity index is 1.88. The molecule has 5 heteroatoms. The maximum atomic E-state index is 13.7. The Bertz CT molecular complexity index is 399. The van der Waals surface area contributed by atoms with E-state index in [0.29, 0.717) is 19.4 Å². The van der Waals surface area contributed by atoms with Gasteiger partial charge in [0.2, 0.25) is 0 Å². The zero-order valence-electron chi connectivity index (χ0n) is 10.1. The van der Waals surface area contributed by atoms with E-state index in [1.807, 2.05) is 30.3 Å². The van der Waals surface area contributed by atoms with Gasteiger partial charge in [-0.05, 0) is 18.4 Å². The average Bonchev–Trinajstić information content (AvgIpc) is 2.40. The van der Waals surface area contributed by atoms with E-state index in [4.69, 9.17) is 10.6 Å². The van der Waals surface area contributed by atoms with E-state index in [1.165, 1.54) is 0 Å². The van der Waals surface area contributed by atoms with Gasteiger partial charge in [-0.2, -0.15) is 0 Å². The molecule has 4 nitrogen and oxygen atoms in total. The summed E-state index contributed by atoms with van der Waals surface area (Å²) in [5, 5.41) is 1.07. The van der Waals surface area contributed by atoms with Gasteiger partial charge in [-0.15, -0.1) is 0 Å². The molecule has 0 aliphatic carbocycles. The van der Waals surface area contributed by atoms with Crippen molar-refractivity contribution in [3.63, 3.8) is 0 Å². The molecule has 0 amide bonds. The van der Waals surface area contributed by atoms with Crippen LogP contribution >= 0.6 is 0 Å². The van der Waals surface area contributed by atoms with Crippen LogP contribution in [0.3, 0.4) is 0 Å². The molecule has 1 aromatic rings.